The third-order valence-corrected chi connectivity index (χ3v) is 4.07. The summed E-state index contributed by atoms with van der Waals surface area (Å²) >= 11 is 0. The van der Waals surface area contributed by atoms with Gasteiger partial charge in [-0.05, 0) is 37.2 Å². The molecule has 0 heterocycles. The van der Waals surface area contributed by atoms with E-state index in [1.807, 2.05) is 39.0 Å². The van der Waals surface area contributed by atoms with Crippen molar-refractivity contribution >= 4 is 19.6 Å². The molecular formula is C16H16LiO3P. The van der Waals surface area contributed by atoms with Gasteiger partial charge in [0.1, 0.15) is 0 Å². The van der Waals surface area contributed by atoms with Gasteiger partial charge in [0.15, 0.2) is 0 Å². The Bertz CT molecular complexity index is 606. The van der Waals surface area contributed by atoms with E-state index in [-0.39, 0.29) is 18.9 Å². The second-order valence-electron chi connectivity index (χ2n) is 4.75. The molecule has 5 heteroatoms. The van der Waals surface area contributed by atoms with Crippen molar-refractivity contribution in [3.05, 3.63) is 64.7 Å². The Morgan fingerprint density at radius 3 is 2.10 bits per heavy atom. The van der Waals surface area contributed by atoms with E-state index in [0.717, 1.165) is 16.7 Å². The molecule has 0 amide bonds. The molecule has 0 radical (unpaired) electrons. The molecule has 0 saturated carbocycles. The van der Waals surface area contributed by atoms with Crippen LogP contribution in [0.1, 0.15) is 27.0 Å². The molecule has 3 nitrogen and oxygen atoms in total. The average molecular weight is 294 g/mol. The molecule has 2 aromatic carbocycles. The summed E-state index contributed by atoms with van der Waals surface area (Å²) in [5.74, 6) is -0.537. The van der Waals surface area contributed by atoms with Crippen molar-refractivity contribution in [1.29, 1.82) is 0 Å². The van der Waals surface area contributed by atoms with Crippen LogP contribution in [0.25, 0.3) is 0 Å². The van der Waals surface area contributed by atoms with Gasteiger partial charge in [0.2, 0.25) is 0 Å². The molecule has 0 saturated heterocycles. The topological polar surface area (TPSA) is 49.4 Å². The predicted octanol–water partition coefficient (Wildman–Crippen LogP) is -0.230. The first-order chi connectivity index (χ1) is 9.49. The zero-order valence-electron chi connectivity index (χ0n) is 12.7. The van der Waals surface area contributed by atoms with E-state index in [1.54, 1.807) is 24.3 Å². The maximum absolute atomic E-state index is 12.2. The van der Waals surface area contributed by atoms with Gasteiger partial charge in [-0.3, -0.25) is 0 Å². The Kier molecular flexibility index (Phi) is 6.65. The van der Waals surface area contributed by atoms with Crippen molar-refractivity contribution in [2.75, 3.05) is 0 Å². The van der Waals surface area contributed by atoms with Crippen molar-refractivity contribution < 1.29 is 33.1 Å². The zero-order valence-corrected chi connectivity index (χ0v) is 13.6. The summed E-state index contributed by atoms with van der Waals surface area (Å²) < 4.78 is 5.09. The van der Waals surface area contributed by atoms with Gasteiger partial charge in [0, 0.05) is 8.38 Å². The summed E-state index contributed by atoms with van der Waals surface area (Å²) in [5, 5.41) is 0.512. The Hall–Kier alpha value is -1.10. The first kappa shape index (κ1) is 17.9. The molecule has 0 aliphatic rings. The van der Waals surface area contributed by atoms with Gasteiger partial charge in [-0.2, -0.15) is 0 Å². The number of aryl methyl sites for hydroxylation is 3. The van der Waals surface area contributed by atoms with E-state index in [9.17, 15) is 9.69 Å². The van der Waals surface area contributed by atoms with Crippen LogP contribution in [0.2, 0.25) is 0 Å². The summed E-state index contributed by atoms with van der Waals surface area (Å²) in [6.45, 7) is 5.68. The molecule has 0 aromatic heterocycles. The maximum Gasteiger partial charge on any atom is 1.00 e. The van der Waals surface area contributed by atoms with Crippen molar-refractivity contribution in [2.45, 2.75) is 20.8 Å². The third-order valence-electron chi connectivity index (χ3n) is 3.01. The van der Waals surface area contributed by atoms with Crippen LogP contribution in [0.4, 0.5) is 0 Å². The van der Waals surface area contributed by atoms with Gasteiger partial charge >= 0.3 is 24.8 Å². The summed E-state index contributed by atoms with van der Waals surface area (Å²) in [7, 11) is -2.17. The second-order valence-corrected chi connectivity index (χ2v) is 5.96. The minimum absolute atomic E-state index is 0. The van der Waals surface area contributed by atoms with Crippen LogP contribution in [0, 0.1) is 20.8 Å². The predicted molar refractivity (Wildman–Crippen MR) is 79.1 cm³/mol. The number of carbonyl (C=O) groups excluding carboxylic acids is 1. The van der Waals surface area contributed by atoms with Crippen LogP contribution in [0.3, 0.4) is 0 Å². The van der Waals surface area contributed by atoms with Crippen LogP contribution in [-0.2, 0) is 4.52 Å². The SMILES string of the molecule is Cc1cc(C)c(C(=O)OP([O-])c2ccccc2)c(C)c1.[Li+]. The van der Waals surface area contributed by atoms with Crippen molar-refractivity contribution in [1.82, 2.24) is 0 Å². The monoisotopic (exact) mass is 294 g/mol. The number of benzene rings is 2. The van der Waals surface area contributed by atoms with E-state index >= 15 is 0 Å². The average Bonchev–Trinajstić information content (AvgIpc) is 2.38. The minimum atomic E-state index is -2.17. The minimum Gasteiger partial charge on any atom is -0.794 e. The molecule has 0 aliphatic carbocycles. The van der Waals surface area contributed by atoms with E-state index in [0.29, 0.717) is 10.9 Å². The third kappa shape index (κ3) is 4.43. The van der Waals surface area contributed by atoms with E-state index in [2.05, 4.69) is 0 Å². The largest absolute Gasteiger partial charge is 1.00 e. The van der Waals surface area contributed by atoms with Crippen LogP contribution in [0.15, 0.2) is 42.5 Å². The number of hydrogen-bond donors (Lipinski definition) is 0. The molecule has 0 bridgehead atoms. The normalized spacial score (nSPS) is 11.4. The molecule has 2 rings (SSSR count). The summed E-state index contributed by atoms with van der Waals surface area (Å²) in [4.78, 5) is 24.2. The number of rotatable bonds is 3. The van der Waals surface area contributed by atoms with Gasteiger partial charge in [-0.15, -0.1) is 0 Å². The molecular weight excluding hydrogens is 278 g/mol. The molecule has 2 aromatic rings. The van der Waals surface area contributed by atoms with Crippen LogP contribution in [0.5, 0.6) is 0 Å². The second kappa shape index (κ2) is 7.78. The van der Waals surface area contributed by atoms with E-state index in [1.165, 1.54) is 0 Å². The Morgan fingerprint density at radius 1 is 1.05 bits per heavy atom. The van der Waals surface area contributed by atoms with Crippen molar-refractivity contribution in [3.8, 4) is 0 Å². The molecule has 0 fully saturated rings. The maximum atomic E-state index is 12.2. The molecule has 0 N–H and O–H groups in total. The summed E-state index contributed by atoms with van der Waals surface area (Å²) in [6.07, 6.45) is 0. The van der Waals surface area contributed by atoms with Crippen LogP contribution >= 0.6 is 8.38 Å². The van der Waals surface area contributed by atoms with Gasteiger partial charge < -0.3 is 9.42 Å². The fraction of sp³-hybridized carbons (Fsp3) is 0.188. The van der Waals surface area contributed by atoms with Gasteiger partial charge in [0.25, 0.3) is 0 Å². The molecule has 21 heavy (non-hydrogen) atoms. The van der Waals surface area contributed by atoms with Crippen LogP contribution in [-0.4, -0.2) is 5.97 Å². The van der Waals surface area contributed by atoms with Crippen molar-refractivity contribution in [3.63, 3.8) is 0 Å². The summed E-state index contributed by atoms with van der Waals surface area (Å²) in [5.41, 5.74) is 3.26. The van der Waals surface area contributed by atoms with E-state index in [4.69, 9.17) is 4.52 Å². The zero-order chi connectivity index (χ0) is 14.7. The standard InChI is InChI=1S/C16H16O3P.Li/c1-11-9-12(2)15(13(3)10-11)16(17)19-20(18)14-7-5-4-6-8-14;/h4-10H,1-3H3;/q-1;+1. The Balaban J connectivity index is 0.00000220. The molecule has 1 atom stereocenters. The smallest absolute Gasteiger partial charge is 0.794 e. The fourth-order valence-electron chi connectivity index (χ4n) is 2.23. The molecule has 104 valence electrons. The summed E-state index contributed by atoms with van der Waals surface area (Å²) in [6, 6.07) is 12.5. The molecule has 0 aliphatic heterocycles. The van der Waals surface area contributed by atoms with E-state index < -0.39 is 14.3 Å². The van der Waals surface area contributed by atoms with Gasteiger partial charge in [0.05, 0.1) is 5.56 Å². The Labute approximate surface area is 138 Å². The molecule has 1 unspecified atom stereocenters. The molecule has 0 spiro atoms. The first-order valence-electron chi connectivity index (χ1n) is 6.31. The first-order valence-corrected chi connectivity index (χ1v) is 7.49. The van der Waals surface area contributed by atoms with Gasteiger partial charge in [-0.25, -0.2) is 4.79 Å². The number of hydrogen-bond acceptors (Lipinski definition) is 3. The number of carbonyl (C=O) groups is 1. The van der Waals surface area contributed by atoms with Crippen molar-refractivity contribution in [2.24, 2.45) is 0 Å². The fourth-order valence-corrected chi connectivity index (χ4v) is 2.99. The quantitative estimate of drug-likeness (QED) is 0.580. The Morgan fingerprint density at radius 2 is 1.57 bits per heavy atom. The van der Waals surface area contributed by atoms with Gasteiger partial charge in [-0.1, -0.05) is 48.0 Å². The van der Waals surface area contributed by atoms with Crippen LogP contribution < -0.4 is 29.1 Å².